The standard InChI is InChI=1S/C14H20O4/c1-14(2,3)8-9-5-6-11(15)10(7-9)12(16)13(17)18-4/h5-7,12,15-16H,8H2,1-4H3. The van der Waals surface area contributed by atoms with Crippen LogP contribution in [0.2, 0.25) is 0 Å². The van der Waals surface area contributed by atoms with Crippen molar-refractivity contribution in [2.45, 2.75) is 33.3 Å². The number of aliphatic hydroxyl groups excluding tert-OH is 1. The zero-order valence-corrected chi connectivity index (χ0v) is 11.2. The third-order valence-electron chi connectivity index (χ3n) is 2.55. The number of ether oxygens (including phenoxy) is 1. The monoisotopic (exact) mass is 252 g/mol. The lowest BCUT2D eigenvalue weighted by molar-refractivity contribution is -0.150. The number of aromatic hydroxyl groups is 1. The van der Waals surface area contributed by atoms with E-state index in [-0.39, 0.29) is 16.7 Å². The molecule has 0 amide bonds. The minimum absolute atomic E-state index is 0.0878. The molecule has 0 aromatic heterocycles. The fraction of sp³-hybridized carbons (Fsp3) is 0.500. The second kappa shape index (κ2) is 5.40. The summed E-state index contributed by atoms with van der Waals surface area (Å²) in [5, 5.41) is 19.4. The van der Waals surface area contributed by atoms with Crippen molar-refractivity contribution in [3.63, 3.8) is 0 Å². The van der Waals surface area contributed by atoms with Gasteiger partial charge in [-0.25, -0.2) is 4.79 Å². The molecule has 0 bridgehead atoms. The number of hydrogen-bond donors (Lipinski definition) is 2. The Bertz CT molecular complexity index is 432. The van der Waals surface area contributed by atoms with Crippen molar-refractivity contribution in [1.29, 1.82) is 0 Å². The SMILES string of the molecule is COC(=O)C(O)c1cc(CC(C)(C)C)ccc1O. The molecule has 0 spiro atoms. The molecular weight excluding hydrogens is 232 g/mol. The first kappa shape index (κ1) is 14.5. The maximum Gasteiger partial charge on any atom is 0.339 e. The zero-order valence-electron chi connectivity index (χ0n) is 11.2. The van der Waals surface area contributed by atoms with Crippen molar-refractivity contribution in [2.24, 2.45) is 5.41 Å². The van der Waals surface area contributed by atoms with Crippen molar-refractivity contribution in [2.75, 3.05) is 7.11 Å². The smallest absolute Gasteiger partial charge is 0.339 e. The number of methoxy groups -OCH3 is 1. The van der Waals surface area contributed by atoms with Gasteiger partial charge in [0.2, 0.25) is 0 Å². The molecule has 4 heteroatoms. The summed E-state index contributed by atoms with van der Waals surface area (Å²) in [4.78, 5) is 11.3. The summed E-state index contributed by atoms with van der Waals surface area (Å²) in [7, 11) is 1.20. The van der Waals surface area contributed by atoms with Gasteiger partial charge >= 0.3 is 5.97 Å². The minimum Gasteiger partial charge on any atom is -0.508 e. The van der Waals surface area contributed by atoms with Crippen LogP contribution >= 0.6 is 0 Å². The number of carbonyl (C=O) groups excluding carboxylic acids is 1. The molecule has 0 fully saturated rings. The number of rotatable bonds is 3. The van der Waals surface area contributed by atoms with E-state index in [0.29, 0.717) is 0 Å². The van der Waals surface area contributed by atoms with Crippen molar-refractivity contribution >= 4 is 5.97 Å². The minimum atomic E-state index is -1.45. The fourth-order valence-electron chi connectivity index (χ4n) is 1.78. The first-order valence-electron chi connectivity index (χ1n) is 5.82. The molecule has 2 N–H and O–H groups in total. The Morgan fingerprint density at radius 3 is 2.50 bits per heavy atom. The summed E-state index contributed by atoms with van der Waals surface area (Å²) >= 11 is 0. The van der Waals surface area contributed by atoms with E-state index in [4.69, 9.17) is 0 Å². The van der Waals surface area contributed by atoms with Gasteiger partial charge < -0.3 is 14.9 Å². The lowest BCUT2D eigenvalue weighted by Gasteiger charge is -2.19. The van der Waals surface area contributed by atoms with Crippen LogP contribution in [0.15, 0.2) is 18.2 Å². The maximum absolute atomic E-state index is 11.3. The number of phenolic OH excluding ortho intramolecular Hbond substituents is 1. The molecule has 0 heterocycles. The van der Waals surface area contributed by atoms with Gasteiger partial charge in [-0.15, -0.1) is 0 Å². The highest BCUT2D eigenvalue weighted by atomic mass is 16.5. The maximum atomic E-state index is 11.3. The predicted octanol–water partition coefficient (Wildman–Crippen LogP) is 2.19. The molecule has 100 valence electrons. The number of benzene rings is 1. The van der Waals surface area contributed by atoms with Crippen LogP contribution in [-0.4, -0.2) is 23.3 Å². The van der Waals surface area contributed by atoms with E-state index in [1.165, 1.54) is 13.2 Å². The first-order valence-corrected chi connectivity index (χ1v) is 5.82. The highest BCUT2D eigenvalue weighted by Gasteiger charge is 2.22. The number of aliphatic hydroxyl groups is 1. The molecule has 18 heavy (non-hydrogen) atoms. The molecule has 1 rings (SSSR count). The molecule has 0 saturated heterocycles. The van der Waals surface area contributed by atoms with Crippen LogP contribution in [0.1, 0.15) is 38.0 Å². The Hall–Kier alpha value is -1.55. The van der Waals surface area contributed by atoms with Gasteiger partial charge in [0.1, 0.15) is 5.75 Å². The van der Waals surface area contributed by atoms with E-state index in [2.05, 4.69) is 25.5 Å². The summed E-state index contributed by atoms with van der Waals surface area (Å²) in [5.41, 5.74) is 1.23. The van der Waals surface area contributed by atoms with Gasteiger partial charge in [0.15, 0.2) is 6.10 Å². The van der Waals surface area contributed by atoms with Crippen LogP contribution < -0.4 is 0 Å². The van der Waals surface area contributed by atoms with Crippen LogP contribution in [0.4, 0.5) is 0 Å². The van der Waals surface area contributed by atoms with Crippen LogP contribution in [0, 0.1) is 5.41 Å². The topological polar surface area (TPSA) is 66.8 Å². The summed E-state index contributed by atoms with van der Waals surface area (Å²) in [6, 6.07) is 4.92. The van der Waals surface area contributed by atoms with Gasteiger partial charge in [-0.2, -0.15) is 0 Å². The van der Waals surface area contributed by atoms with E-state index >= 15 is 0 Å². The molecule has 0 saturated carbocycles. The molecule has 1 atom stereocenters. The molecular formula is C14H20O4. The van der Waals surface area contributed by atoms with Gasteiger partial charge in [0, 0.05) is 5.56 Å². The molecule has 0 aliphatic rings. The summed E-state index contributed by atoms with van der Waals surface area (Å²) in [6.07, 6.45) is -0.663. The van der Waals surface area contributed by atoms with Crippen molar-refractivity contribution in [1.82, 2.24) is 0 Å². The van der Waals surface area contributed by atoms with Gasteiger partial charge in [-0.1, -0.05) is 26.8 Å². The quantitative estimate of drug-likeness (QED) is 0.809. The lowest BCUT2D eigenvalue weighted by Crippen LogP contribution is -2.15. The number of phenols is 1. The average Bonchev–Trinajstić information content (AvgIpc) is 2.28. The third kappa shape index (κ3) is 3.74. The molecule has 1 aromatic rings. The Balaban J connectivity index is 3.05. The first-order chi connectivity index (χ1) is 8.24. The van der Waals surface area contributed by atoms with Crippen molar-refractivity contribution in [3.8, 4) is 5.75 Å². The fourth-order valence-corrected chi connectivity index (χ4v) is 1.78. The second-order valence-corrected chi connectivity index (χ2v) is 5.56. The zero-order chi connectivity index (χ0) is 13.9. The normalized spacial score (nSPS) is 13.2. The highest BCUT2D eigenvalue weighted by molar-refractivity contribution is 5.77. The molecule has 1 unspecified atom stereocenters. The Morgan fingerprint density at radius 2 is 2.00 bits per heavy atom. The predicted molar refractivity (Wildman–Crippen MR) is 68.2 cm³/mol. The van der Waals surface area contributed by atoms with Gasteiger partial charge in [0.25, 0.3) is 0 Å². The van der Waals surface area contributed by atoms with Gasteiger partial charge in [0.05, 0.1) is 7.11 Å². The van der Waals surface area contributed by atoms with Crippen LogP contribution in [-0.2, 0) is 16.0 Å². The van der Waals surface area contributed by atoms with Crippen LogP contribution in [0.3, 0.4) is 0 Å². The van der Waals surface area contributed by atoms with Crippen molar-refractivity contribution < 1.29 is 19.7 Å². The average molecular weight is 252 g/mol. The number of esters is 1. The molecule has 0 radical (unpaired) electrons. The third-order valence-corrected chi connectivity index (χ3v) is 2.55. The molecule has 4 nitrogen and oxygen atoms in total. The van der Waals surface area contributed by atoms with E-state index in [1.807, 2.05) is 0 Å². The van der Waals surface area contributed by atoms with Crippen LogP contribution in [0.25, 0.3) is 0 Å². The summed E-state index contributed by atoms with van der Waals surface area (Å²) < 4.78 is 4.46. The number of hydrogen-bond acceptors (Lipinski definition) is 4. The van der Waals surface area contributed by atoms with E-state index in [0.717, 1.165) is 12.0 Å². The molecule has 1 aromatic carbocycles. The second-order valence-electron chi connectivity index (χ2n) is 5.56. The number of carbonyl (C=O) groups is 1. The highest BCUT2D eigenvalue weighted by Crippen LogP contribution is 2.29. The van der Waals surface area contributed by atoms with Crippen LogP contribution in [0.5, 0.6) is 5.75 Å². The summed E-state index contributed by atoms with van der Waals surface area (Å²) in [6.45, 7) is 6.28. The Labute approximate surface area is 107 Å². The van der Waals surface area contributed by atoms with E-state index < -0.39 is 12.1 Å². The Kier molecular flexibility index (Phi) is 4.35. The van der Waals surface area contributed by atoms with Crippen molar-refractivity contribution in [3.05, 3.63) is 29.3 Å². The van der Waals surface area contributed by atoms with Gasteiger partial charge in [-0.05, 0) is 29.5 Å². The van der Waals surface area contributed by atoms with E-state index in [9.17, 15) is 15.0 Å². The van der Waals surface area contributed by atoms with Gasteiger partial charge in [-0.3, -0.25) is 0 Å². The largest absolute Gasteiger partial charge is 0.508 e. The summed E-state index contributed by atoms with van der Waals surface area (Å²) in [5.74, 6) is -0.885. The molecule has 0 aliphatic heterocycles. The Morgan fingerprint density at radius 1 is 1.39 bits per heavy atom. The molecule has 0 aliphatic carbocycles. The lowest BCUT2D eigenvalue weighted by atomic mass is 9.87. The van der Waals surface area contributed by atoms with E-state index in [1.54, 1.807) is 12.1 Å².